The second-order valence-corrected chi connectivity index (χ2v) is 5.04. The number of nitrogens with zero attached hydrogens (tertiary/aromatic N) is 3. The summed E-state index contributed by atoms with van der Waals surface area (Å²) in [6, 6.07) is 3.64. The average Bonchev–Trinajstić information content (AvgIpc) is 2.84. The zero-order valence-electron chi connectivity index (χ0n) is 12.5. The van der Waals surface area contributed by atoms with E-state index in [0.717, 1.165) is 10.5 Å². The van der Waals surface area contributed by atoms with Crippen LogP contribution in [0.15, 0.2) is 24.5 Å². The molecule has 1 saturated heterocycles. The molecule has 22 heavy (non-hydrogen) atoms. The molecule has 1 aromatic rings. The second-order valence-electron chi connectivity index (χ2n) is 5.04. The molecule has 0 unspecified atom stereocenters. The van der Waals surface area contributed by atoms with Crippen LogP contribution in [0, 0.1) is 0 Å². The number of methoxy groups -OCH3 is 1. The summed E-state index contributed by atoms with van der Waals surface area (Å²) in [4.78, 5) is 42.2. The number of likely N-dealkylation sites (tertiary alicyclic amines) is 1. The first kappa shape index (κ1) is 16.1. The Labute approximate surface area is 128 Å². The van der Waals surface area contributed by atoms with E-state index in [-0.39, 0.29) is 37.1 Å². The quantitative estimate of drug-likeness (QED) is 0.673. The van der Waals surface area contributed by atoms with Gasteiger partial charge in [0.2, 0.25) is 17.7 Å². The van der Waals surface area contributed by atoms with Gasteiger partial charge in [-0.25, -0.2) is 0 Å². The number of hydrogen-bond donors (Lipinski definition) is 0. The van der Waals surface area contributed by atoms with Gasteiger partial charge in [0.15, 0.2) is 0 Å². The summed E-state index contributed by atoms with van der Waals surface area (Å²) in [6.45, 7) is 0.972. The smallest absolute Gasteiger partial charge is 0.243 e. The van der Waals surface area contributed by atoms with E-state index in [4.69, 9.17) is 4.74 Å². The zero-order chi connectivity index (χ0) is 15.9. The zero-order valence-corrected chi connectivity index (χ0v) is 12.5. The van der Waals surface area contributed by atoms with Crippen LogP contribution >= 0.6 is 0 Å². The van der Waals surface area contributed by atoms with Crippen LogP contribution in [0.1, 0.15) is 18.4 Å². The third-order valence-electron chi connectivity index (χ3n) is 3.49. The Balaban J connectivity index is 2.02. The monoisotopic (exact) mass is 305 g/mol. The van der Waals surface area contributed by atoms with Crippen LogP contribution in [-0.2, 0) is 25.7 Å². The van der Waals surface area contributed by atoms with Gasteiger partial charge in [-0.2, -0.15) is 0 Å². The molecule has 0 bridgehead atoms. The number of pyridine rings is 1. The van der Waals surface area contributed by atoms with Crippen molar-refractivity contribution in [3.8, 4) is 0 Å². The van der Waals surface area contributed by atoms with Crippen molar-refractivity contribution in [2.24, 2.45) is 0 Å². The first-order valence-electron chi connectivity index (χ1n) is 7.10. The molecule has 0 aliphatic carbocycles. The largest absolute Gasteiger partial charge is 0.383 e. The highest BCUT2D eigenvalue weighted by molar-refractivity contribution is 6.04. The molecule has 0 saturated carbocycles. The van der Waals surface area contributed by atoms with E-state index in [1.807, 2.05) is 12.1 Å². The van der Waals surface area contributed by atoms with Gasteiger partial charge in [0.1, 0.15) is 6.54 Å². The number of imide groups is 1. The summed E-state index contributed by atoms with van der Waals surface area (Å²) >= 11 is 0. The molecule has 118 valence electrons. The van der Waals surface area contributed by atoms with Crippen LogP contribution in [-0.4, -0.2) is 59.3 Å². The number of rotatable bonds is 7. The number of hydrogen-bond acceptors (Lipinski definition) is 5. The summed E-state index contributed by atoms with van der Waals surface area (Å²) in [5.41, 5.74) is 0.929. The standard InChI is InChI=1S/C15H19N3O4/c1-22-9-8-17(10-12-4-6-16-7-5-12)15(21)11-18-13(19)2-3-14(18)20/h4-7H,2-3,8-11H2,1H3. The maximum absolute atomic E-state index is 12.4. The number of carbonyl (C=O) groups is 3. The molecule has 7 heteroatoms. The van der Waals surface area contributed by atoms with E-state index in [2.05, 4.69) is 4.98 Å². The lowest BCUT2D eigenvalue weighted by atomic mass is 10.2. The SMILES string of the molecule is COCCN(Cc1ccncc1)C(=O)CN1C(=O)CCC1=O. The van der Waals surface area contributed by atoms with Crippen molar-refractivity contribution >= 4 is 17.7 Å². The van der Waals surface area contributed by atoms with E-state index in [1.54, 1.807) is 24.4 Å². The van der Waals surface area contributed by atoms with Crippen molar-refractivity contribution in [1.29, 1.82) is 0 Å². The van der Waals surface area contributed by atoms with Gasteiger partial charge in [-0.05, 0) is 17.7 Å². The highest BCUT2D eigenvalue weighted by Gasteiger charge is 2.31. The minimum Gasteiger partial charge on any atom is -0.383 e. The molecule has 2 heterocycles. The van der Waals surface area contributed by atoms with E-state index in [0.29, 0.717) is 19.7 Å². The molecule has 0 aromatic carbocycles. The summed E-state index contributed by atoms with van der Waals surface area (Å²) in [5.74, 6) is -0.833. The molecule has 0 spiro atoms. The highest BCUT2D eigenvalue weighted by atomic mass is 16.5. The Morgan fingerprint density at radius 2 is 1.91 bits per heavy atom. The number of carbonyl (C=O) groups excluding carboxylic acids is 3. The van der Waals surface area contributed by atoms with E-state index in [9.17, 15) is 14.4 Å². The summed E-state index contributed by atoms with van der Waals surface area (Å²) in [7, 11) is 1.56. The second kappa shape index (κ2) is 7.65. The Morgan fingerprint density at radius 1 is 1.27 bits per heavy atom. The summed E-state index contributed by atoms with van der Waals surface area (Å²) in [5, 5.41) is 0. The van der Waals surface area contributed by atoms with Crippen molar-refractivity contribution in [3.05, 3.63) is 30.1 Å². The van der Waals surface area contributed by atoms with Crippen LogP contribution in [0.25, 0.3) is 0 Å². The predicted molar refractivity (Wildman–Crippen MR) is 77.5 cm³/mol. The van der Waals surface area contributed by atoms with Crippen LogP contribution in [0.2, 0.25) is 0 Å². The van der Waals surface area contributed by atoms with Gasteiger partial charge < -0.3 is 9.64 Å². The summed E-state index contributed by atoms with van der Waals surface area (Å²) in [6.07, 6.45) is 3.69. The molecular weight excluding hydrogens is 286 g/mol. The molecule has 1 aliphatic heterocycles. The molecule has 1 aromatic heterocycles. The molecule has 0 radical (unpaired) electrons. The van der Waals surface area contributed by atoms with Crippen molar-refractivity contribution < 1.29 is 19.1 Å². The maximum atomic E-state index is 12.4. The predicted octanol–water partition coefficient (Wildman–Crippen LogP) is 0.206. The van der Waals surface area contributed by atoms with Crippen LogP contribution in [0.5, 0.6) is 0 Å². The first-order chi connectivity index (χ1) is 10.6. The van der Waals surface area contributed by atoms with Crippen LogP contribution < -0.4 is 0 Å². The van der Waals surface area contributed by atoms with Crippen molar-refractivity contribution in [1.82, 2.24) is 14.8 Å². The Morgan fingerprint density at radius 3 is 2.50 bits per heavy atom. The van der Waals surface area contributed by atoms with Crippen molar-refractivity contribution in [2.75, 3.05) is 26.8 Å². The van der Waals surface area contributed by atoms with Crippen molar-refractivity contribution in [3.63, 3.8) is 0 Å². The highest BCUT2D eigenvalue weighted by Crippen LogP contribution is 2.12. The Bertz CT molecular complexity index is 531. The third kappa shape index (κ3) is 4.11. The lowest BCUT2D eigenvalue weighted by molar-refractivity contribution is -0.146. The van der Waals surface area contributed by atoms with Gasteiger partial charge in [0.05, 0.1) is 6.61 Å². The molecule has 2 rings (SSSR count). The fourth-order valence-corrected chi connectivity index (χ4v) is 2.24. The lowest BCUT2D eigenvalue weighted by Crippen LogP contribution is -2.43. The van der Waals surface area contributed by atoms with Gasteiger partial charge in [-0.1, -0.05) is 0 Å². The van der Waals surface area contributed by atoms with E-state index >= 15 is 0 Å². The molecular formula is C15H19N3O4. The van der Waals surface area contributed by atoms with Gasteiger partial charge in [-0.15, -0.1) is 0 Å². The van der Waals surface area contributed by atoms with Gasteiger partial charge in [0.25, 0.3) is 0 Å². The maximum Gasteiger partial charge on any atom is 0.243 e. The fourth-order valence-electron chi connectivity index (χ4n) is 2.24. The molecule has 0 N–H and O–H groups in total. The van der Waals surface area contributed by atoms with E-state index in [1.165, 1.54) is 0 Å². The summed E-state index contributed by atoms with van der Waals surface area (Å²) < 4.78 is 5.02. The Hall–Kier alpha value is -2.28. The third-order valence-corrected chi connectivity index (χ3v) is 3.49. The Kier molecular flexibility index (Phi) is 5.60. The first-order valence-corrected chi connectivity index (χ1v) is 7.10. The minimum absolute atomic E-state index is 0.189. The van der Waals surface area contributed by atoms with Crippen LogP contribution in [0.4, 0.5) is 0 Å². The minimum atomic E-state index is -0.283. The van der Waals surface area contributed by atoms with Crippen molar-refractivity contribution in [2.45, 2.75) is 19.4 Å². The molecule has 3 amide bonds. The van der Waals surface area contributed by atoms with Gasteiger partial charge in [-0.3, -0.25) is 24.3 Å². The topological polar surface area (TPSA) is 79.8 Å². The normalized spacial score (nSPS) is 14.5. The number of aromatic nitrogens is 1. The average molecular weight is 305 g/mol. The molecule has 7 nitrogen and oxygen atoms in total. The van der Waals surface area contributed by atoms with Gasteiger partial charge >= 0.3 is 0 Å². The molecule has 1 fully saturated rings. The number of amides is 3. The van der Waals surface area contributed by atoms with Crippen LogP contribution in [0.3, 0.4) is 0 Å². The molecule has 1 aliphatic rings. The number of ether oxygens (including phenoxy) is 1. The lowest BCUT2D eigenvalue weighted by Gasteiger charge is -2.24. The van der Waals surface area contributed by atoms with E-state index < -0.39 is 0 Å². The molecule has 0 atom stereocenters. The van der Waals surface area contributed by atoms with Gasteiger partial charge in [0, 0.05) is 45.4 Å². The fraction of sp³-hybridized carbons (Fsp3) is 0.467.